The molecule has 106 valence electrons. The fourth-order valence-corrected chi connectivity index (χ4v) is 3.74. The number of rotatable bonds is 5. The summed E-state index contributed by atoms with van der Waals surface area (Å²) in [5, 5.41) is 4.54. The molecule has 0 radical (unpaired) electrons. The average molecular weight is 286 g/mol. The van der Waals surface area contributed by atoms with E-state index in [9.17, 15) is 0 Å². The van der Waals surface area contributed by atoms with Crippen molar-refractivity contribution in [1.29, 1.82) is 0 Å². The molecule has 1 N–H and O–H groups in total. The lowest BCUT2D eigenvalue weighted by atomic mass is 10.0. The molecule has 0 atom stereocenters. The van der Waals surface area contributed by atoms with Crippen LogP contribution in [0.3, 0.4) is 0 Å². The van der Waals surface area contributed by atoms with Gasteiger partial charge in [0.05, 0.1) is 10.7 Å². The van der Waals surface area contributed by atoms with Gasteiger partial charge in [0.25, 0.3) is 0 Å². The average Bonchev–Trinajstić information content (AvgIpc) is 3.18. The molecule has 2 nitrogen and oxygen atoms in total. The van der Waals surface area contributed by atoms with Gasteiger partial charge in [0, 0.05) is 23.8 Å². The van der Waals surface area contributed by atoms with Crippen molar-refractivity contribution in [1.82, 2.24) is 10.3 Å². The van der Waals surface area contributed by atoms with Gasteiger partial charge >= 0.3 is 0 Å². The Morgan fingerprint density at radius 1 is 1.25 bits per heavy atom. The second-order valence-electron chi connectivity index (χ2n) is 5.82. The molecule has 1 aliphatic carbocycles. The van der Waals surface area contributed by atoms with Crippen LogP contribution < -0.4 is 5.32 Å². The van der Waals surface area contributed by atoms with E-state index in [2.05, 4.69) is 37.4 Å². The molecule has 1 aromatic carbocycles. The molecule has 0 bridgehead atoms. The highest BCUT2D eigenvalue weighted by atomic mass is 32.1. The molecule has 0 unspecified atom stereocenters. The van der Waals surface area contributed by atoms with Crippen LogP contribution in [0.1, 0.15) is 51.0 Å². The summed E-state index contributed by atoms with van der Waals surface area (Å²) in [5.41, 5.74) is 5.47. The van der Waals surface area contributed by atoms with E-state index in [1.165, 1.54) is 45.1 Å². The first-order valence-corrected chi connectivity index (χ1v) is 8.18. The van der Waals surface area contributed by atoms with Gasteiger partial charge in [-0.1, -0.05) is 18.2 Å². The van der Waals surface area contributed by atoms with E-state index < -0.39 is 0 Å². The Morgan fingerprint density at radius 3 is 2.70 bits per heavy atom. The molecule has 0 saturated heterocycles. The molecule has 1 saturated carbocycles. The largest absolute Gasteiger partial charge is 0.315 e. The second kappa shape index (κ2) is 5.66. The SMILES string of the molecule is CNCc1sc(Cc2ccc(C)c(C)c2)nc1C1CC1. The molecule has 2 aromatic rings. The first kappa shape index (κ1) is 13.8. The Hall–Kier alpha value is -1.19. The molecule has 20 heavy (non-hydrogen) atoms. The van der Waals surface area contributed by atoms with Gasteiger partial charge in [-0.15, -0.1) is 11.3 Å². The lowest BCUT2D eigenvalue weighted by Gasteiger charge is -2.03. The maximum absolute atomic E-state index is 4.92. The quantitative estimate of drug-likeness (QED) is 0.900. The number of nitrogens with zero attached hydrogens (tertiary/aromatic N) is 1. The van der Waals surface area contributed by atoms with Crippen molar-refractivity contribution in [2.45, 2.75) is 45.6 Å². The summed E-state index contributed by atoms with van der Waals surface area (Å²) in [6, 6.07) is 6.75. The van der Waals surface area contributed by atoms with Crippen LogP contribution in [0.5, 0.6) is 0 Å². The highest BCUT2D eigenvalue weighted by molar-refractivity contribution is 7.11. The number of aromatic nitrogens is 1. The number of benzene rings is 1. The number of aryl methyl sites for hydroxylation is 2. The third-order valence-electron chi connectivity index (χ3n) is 4.00. The van der Waals surface area contributed by atoms with Crippen molar-refractivity contribution in [2.75, 3.05) is 7.05 Å². The van der Waals surface area contributed by atoms with Crippen LogP contribution in [0, 0.1) is 13.8 Å². The molecule has 1 aliphatic rings. The highest BCUT2D eigenvalue weighted by Gasteiger charge is 2.29. The third kappa shape index (κ3) is 2.94. The van der Waals surface area contributed by atoms with Crippen LogP contribution in [0.25, 0.3) is 0 Å². The number of nitrogens with one attached hydrogen (secondary N) is 1. The molecule has 0 amide bonds. The van der Waals surface area contributed by atoms with Gasteiger partial charge in [0.1, 0.15) is 0 Å². The Labute approximate surface area is 125 Å². The predicted molar refractivity (Wildman–Crippen MR) is 85.6 cm³/mol. The van der Waals surface area contributed by atoms with Gasteiger partial charge in [-0.2, -0.15) is 0 Å². The summed E-state index contributed by atoms with van der Waals surface area (Å²) in [6.07, 6.45) is 3.61. The zero-order chi connectivity index (χ0) is 14.1. The number of hydrogen-bond donors (Lipinski definition) is 1. The van der Waals surface area contributed by atoms with E-state index in [0.717, 1.165) is 18.9 Å². The molecule has 3 rings (SSSR count). The highest BCUT2D eigenvalue weighted by Crippen LogP contribution is 2.42. The van der Waals surface area contributed by atoms with Crippen LogP contribution in [0.4, 0.5) is 0 Å². The van der Waals surface area contributed by atoms with Crippen LogP contribution in [0.2, 0.25) is 0 Å². The number of hydrogen-bond acceptors (Lipinski definition) is 3. The zero-order valence-electron chi connectivity index (χ0n) is 12.5. The van der Waals surface area contributed by atoms with Crippen molar-refractivity contribution in [2.24, 2.45) is 0 Å². The maximum atomic E-state index is 4.92. The summed E-state index contributed by atoms with van der Waals surface area (Å²) < 4.78 is 0. The van der Waals surface area contributed by atoms with Crippen molar-refractivity contribution in [3.05, 3.63) is 50.5 Å². The topological polar surface area (TPSA) is 24.9 Å². The Morgan fingerprint density at radius 2 is 2.05 bits per heavy atom. The standard InChI is InChI=1S/C17H22N2S/c1-11-4-5-13(8-12(11)2)9-16-19-17(14-6-7-14)15(20-16)10-18-3/h4-5,8,14,18H,6-7,9-10H2,1-3H3. The van der Waals surface area contributed by atoms with Gasteiger partial charge in [-0.25, -0.2) is 4.98 Å². The smallest absolute Gasteiger partial charge is 0.0975 e. The molecule has 1 fully saturated rings. The summed E-state index contributed by atoms with van der Waals surface area (Å²) in [4.78, 5) is 6.36. The minimum absolute atomic E-state index is 0.739. The minimum atomic E-state index is 0.739. The number of thiazole rings is 1. The normalized spacial score (nSPS) is 14.8. The molecule has 0 spiro atoms. The Kier molecular flexibility index (Phi) is 3.90. The molecular weight excluding hydrogens is 264 g/mol. The van der Waals surface area contributed by atoms with Crippen LogP contribution in [-0.4, -0.2) is 12.0 Å². The lowest BCUT2D eigenvalue weighted by Crippen LogP contribution is -2.05. The fraction of sp³-hybridized carbons (Fsp3) is 0.471. The summed E-state index contributed by atoms with van der Waals surface area (Å²) in [7, 11) is 2.01. The lowest BCUT2D eigenvalue weighted by molar-refractivity contribution is 0.812. The van der Waals surface area contributed by atoms with Gasteiger partial charge in [-0.05, 0) is 50.4 Å². The van der Waals surface area contributed by atoms with Crippen LogP contribution >= 0.6 is 11.3 Å². The molecule has 3 heteroatoms. The van der Waals surface area contributed by atoms with Gasteiger partial charge in [0.15, 0.2) is 0 Å². The van der Waals surface area contributed by atoms with Gasteiger partial charge in [-0.3, -0.25) is 0 Å². The zero-order valence-corrected chi connectivity index (χ0v) is 13.3. The van der Waals surface area contributed by atoms with E-state index >= 15 is 0 Å². The van der Waals surface area contributed by atoms with Gasteiger partial charge < -0.3 is 5.32 Å². The van der Waals surface area contributed by atoms with E-state index in [0.29, 0.717) is 0 Å². The summed E-state index contributed by atoms with van der Waals surface area (Å²) in [5.74, 6) is 0.739. The molecule has 1 heterocycles. The van der Waals surface area contributed by atoms with E-state index in [4.69, 9.17) is 4.98 Å². The van der Waals surface area contributed by atoms with E-state index in [-0.39, 0.29) is 0 Å². The predicted octanol–water partition coefficient (Wildman–Crippen LogP) is 3.95. The fourth-order valence-electron chi connectivity index (χ4n) is 2.54. The first-order chi connectivity index (χ1) is 9.67. The summed E-state index contributed by atoms with van der Waals surface area (Å²) >= 11 is 1.88. The Bertz CT molecular complexity index is 611. The van der Waals surface area contributed by atoms with E-state index in [1.54, 1.807) is 0 Å². The van der Waals surface area contributed by atoms with Crippen molar-refractivity contribution < 1.29 is 0 Å². The first-order valence-electron chi connectivity index (χ1n) is 7.36. The van der Waals surface area contributed by atoms with Crippen LogP contribution in [0.15, 0.2) is 18.2 Å². The van der Waals surface area contributed by atoms with E-state index in [1.807, 2.05) is 18.4 Å². The Balaban J connectivity index is 1.82. The molecule has 0 aliphatic heterocycles. The third-order valence-corrected chi connectivity index (χ3v) is 5.07. The maximum Gasteiger partial charge on any atom is 0.0975 e. The van der Waals surface area contributed by atoms with Crippen LogP contribution in [-0.2, 0) is 13.0 Å². The van der Waals surface area contributed by atoms with Crippen molar-refractivity contribution in [3.8, 4) is 0 Å². The minimum Gasteiger partial charge on any atom is -0.315 e. The summed E-state index contributed by atoms with van der Waals surface area (Å²) in [6.45, 7) is 5.30. The molecule has 1 aromatic heterocycles. The monoisotopic (exact) mass is 286 g/mol. The molecular formula is C17H22N2S. The van der Waals surface area contributed by atoms with Crippen molar-refractivity contribution in [3.63, 3.8) is 0 Å². The van der Waals surface area contributed by atoms with Gasteiger partial charge in [0.2, 0.25) is 0 Å². The van der Waals surface area contributed by atoms with Crippen molar-refractivity contribution >= 4 is 11.3 Å². The second-order valence-corrected chi connectivity index (χ2v) is 6.98.